The van der Waals surface area contributed by atoms with Crippen LogP contribution in [-0.2, 0) is 0 Å². The molecule has 0 saturated carbocycles. The second-order valence-electron chi connectivity index (χ2n) is 4.46. The van der Waals surface area contributed by atoms with Crippen molar-refractivity contribution in [1.29, 1.82) is 5.26 Å². The molecule has 0 radical (unpaired) electrons. The fourth-order valence-electron chi connectivity index (χ4n) is 1.85. The quantitative estimate of drug-likeness (QED) is 0.536. The van der Waals surface area contributed by atoms with Gasteiger partial charge in [-0.2, -0.15) is 5.26 Å². The van der Waals surface area contributed by atoms with Crippen molar-refractivity contribution in [3.8, 4) is 6.07 Å². The van der Waals surface area contributed by atoms with Gasteiger partial charge >= 0.3 is 0 Å². The van der Waals surface area contributed by atoms with Crippen molar-refractivity contribution in [2.45, 2.75) is 40.0 Å². The summed E-state index contributed by atoms with van der Waals surface area (Å²) in [5, 5.41) is 9.42. The van der Waals surface area contributed by atoms with Crippen LogP contribution in [0.2, 0.25) is 0 Å². The number of unbranched alkanes of at least 4 members (excludes halogenated alkanes) is 1. The molecule has 0 aromatic rings. The van der Waals surface area contributed by atoms with Crippen LogP contribution >= 0.6 is 0 Å². The fourth-order valence-corrected chi connectivity index (χ4v) is 1.85. The summed E-state index contributed by atoms with van der Waals surface area (Å²) in [5.74, 6) is 0. The van der Waals surface area contributed by atoms with Crippen LogP contribution in [-0.4, -0.2) is 0 Å². The SMILES string of the molecule is C=C\C=C(C)/C(C(/C#N)=C(/N)CCCC)=C(/C)C=C. The third-order valence-electron chi connectivity index (χ3n) is 2.95. The zero-order chi connectivity index (χ0) is 14.8. The summed E-state index contributed by atoms with van der Waals surface area (Å²) in [6.45, 7) is 13.5. The van der Waals surface area contributed by atoms with Gasteiger partial charge in [0.15, 0.2) is 0 Å². The van der Waals surface area contributed by atoms with Gasteiger partial charge in [-0.05, 0) is 43.4 Å². The summed E-state index contributed by atoms with van der Waals surface area (Å²) in [4.78, 5) is 0. The molecule has 0 rings (SSSR count). The van der Waals surface area contributed by atoms with Gasteiger partial charge in [-0.15, -0.1) is 0 Å². The lowest BCUT2D eigenvalue weighted by molar-refractivity contribution is 0.777. The molecule has 2 heteroatoms. The molecule has 0 aromatic heterocycles. The highest BCUT2D eigenvalue weighted by Crippen LogP contribution is 2.26. The molecule has 0 heterocycles. The summed E-state index contributed by atoms with van der Waals surface area (Å²) in [6.07, 6.45) is 8.13. The van der Waals surface area contributed by atoms with E-state index in [0.717, 1.165) is 36.0 Å². The molecule has 0 unspecified atom stereocenters. The Morgan fingerprint density at radius 2 is 1.95 bits per heavy atom. The van der Waals surface area contributed by atoms with Gasteiger partial charge in [0.25, 0.3) is 0 Å². The number of hydrogen-bond acceptors (Lipinski definition) is 2. The summed E-state index contributed by atoms with van der Waals surface area (Å²) in [6, 6.07) is 2.24. The Morgan fingerprint density at radius 1 is 1.32 bits per heavy atom. The van der Waals surface area contributed by atoms with Crippen molar-refractivity contribution in [3.63, 3.8) is 0 Å². The smallest absolute Gasteiger partial charge is 0.102 e. The molecule has 0 atom stereocenters. The van der Waals surface area contributed by atoms with Crippen LogP contribution in [0.5, 0.6) is 0 Å². The van der Waals surface area contributed by atoms with E-state index in [1.807, 2.05) is 19.9 Å². The van der Waals surface area contributed by atoms with Gasteiger partial charge < -0.3 is 5.73 Å². The van der Waals surface area contributed by atoms with Gasteiger partial charge in [-0.3, -0.25) is 0 Å². The van der Waals surface area contributed by atoms with E-state index in [9.17, 15) is 5.26 Å². The minimum absolute atomic E-state index is 0.557. The largest absolute Gasteiger partial charge is 0.401 e. The average Bonchev–Trinajstić information content (AvgIpc) is 2.41. The van der Waals surface area contributed by atoms with E-state index in [0.29, 0.717) is 11.3 Å². The third kappa shape index (κ3) is 5.01. The number of allylic oxidation sites excluding steroid dienone is 8. The van der Waals surface area contributed by atoms with Gasteiger partial charge in [0.2, 0.25) is 0 Å². The normalized spacial score (nSPS) is 14.1. The lowest BCUT2D eigenvalue weighted by atomic mass is 9.92. The predicted octanol–water partition coefficient (Wildman–Crippen LogP) is 4.55. The van der Waals surface area contributed by atoms with Crippen LogP contribution < -0.4 is 5.73 Å². The van der Waals surface area contributed by atoms with Crippen LogP contribution in [0, 0.1) is 11.3 Å². The van der Waals surface area contributed by atoms with Crippen molar-refractivity contribution < 1.29 is 0 Å². The molecular formula is C17H24N2. The second kappa shape index (κ2) is 8.99. The molecule has 0 fully saturated rings. The van der Waals surface area contributed by atoms with Crippen molar-refractivity contribution in [2.75, 3.05) is 0 Å². The third-order valence-corrected chi connectivity index (χ3v) is 2.95. The Hall–Kier alpha value is -2.01. The van der Waals surface area contributed by atoms with E-state index >= 15 is 0 Å². The molecule has 0 aliphatic carbocycles. The summed E-state index contributed by atoms with van der Waals surface area (Å²) >= 11 is 0. The highest BCUT2D eigenvalue weighted by atomic mass is 14.6. The molecule has 2 N–H and O–H groups in total. The maximum atomic E-state index is 9.42. The van der Waals surface area contributed by atoms with Gasteiger partial charge in [-0.25, -0.2) is 0 Å². The van der Waals surface area contributed by atoms with Crippen LogP contribution in [0.3, 0.4) is 0 Å². The van der Waals surface area contributed by atoms with Crippen LogP contribution in [0.1, 0.15) is 40.0 Å². The summed E-state index contributed by atoms with van der Waals surface area (Å²) in [7, 11) is 0. The second-order valence-corrected chi connectivity index (χ2v) is 4.46. The van der Waals surface area contributed by atoms with Crippen molar-refractivity contribution in [1.82, 2.24) is 0 Å². The van der Waals surface area contributed by atoms with E-state index < -0.39 is 0 Å². The Labute approximate surface area is 117 Å². The number of nitriles is 1. The van der Waals surface area contributed by atoms with E-state index in [-0.39, 0.29) is 0 Å². The minimum Gasteiger partial charge on any atom is -0.401 e. The average molecular weight is 256 g/mol. The molecule has 2 nitrogen and oxygen atoms in total. The predicted molar refractivity (Wildman–Crippen MR) is 83.2 cm³/mol. The molecule has 19 heavy (non-hydrogen) atoms. The van der Waals surface area contributed by atoms with Crippen molar-refractivity contribution in [2.24, 2.45) is 5.73 Å². The first-order valence-corrected chi connectivity index (χ1v) is 6.55. The van der Waals surface area contributed by atoms with Crippen LogP contribution in [0.25, 0.3) is 0 Å². The molecule has 0 spiro atoms. The van der Waals surface area contributed by atoms with E-state index in [4.69, 9.17) is 5.73 Å². The van der Waals surface area contributed by atoms with Crippen molar-refractivity contribution >= 4 is 0 Å². The molecule has 0 saturated heterocycles. The standard InChI is InChI=1S/C17H24N2/c1-6-9-11-16(19)15(12-18)17(13(4)8-3)14(5)10-7-2/h7-8,10H,2-3,6,9,11,19H2,1,4-5H3/b14-10-,16-15+,17-13+. The van der Waals surface area contributed by atoms with Gasteiger partial charge in [0.1, 0.15) is 6.07 Å². The Kier molecular flexibility index (Phi) is 8.04. The number of nitrogens with zero attached hydrogens (tertiary/aromatic N) is 1. The molecule has 0 bridgehead atoms. The zero-order valence-corrected chi connectivity index (χ0v) is 12.3. The highest BCUT2D eigenvalue weighted by molar-refractivity contribution is 5.58. The molecule has 102 valence electrons. The van der Waals surface area contributed by atoms with E-state index in [1.54, 1.807) is 12.2 Å². The van der Waals surface area contributed by atoms with Gasteiger partial charge in [-0.1, -0.05) is 44.7 Å². The van der Waals surface area contributed by atoms with E-state index in [1.165, 1.54) is 0 Å². The van der Waals surface area contributed by atoms with Crippen molar-refractivity contribution in [3.05, 3.63) is 59.4 Å². The molecular weight excluding hydrogens is 232 g/mol. The fraction of sp³-hybridized carbons (Fsp3) is 0.353. The number of hydrogen-bond donors (Lipinski definition) is 1. The summed E-state index contributed by atoms with van der Waals surface area (Å²) < 4.78 is 0. The zero-order valence-electron chi connectivity index (χ0n) is 12.3. The lowest BCUT2D eigenvalue weighted by Crippen LogP contribution is -2.06. The van der Waals surface area contributed by atoms with Gasteiger partial charge in [0, 0.05) is 5.70 Å². The first-order chi connectivity index (χ1) is 9.03. The highest BCUT2D eigenvalue weighted by Gasteiger charge is 2.13. The first-order valence-electron chi connectivity index (χ1n) is 6.55. The molecule has 0 aliphatic rings. The number of rotatable bonds is 7. The first kappa shape index (κ1) is 17.0. The minimum atomic E-state index is 0.557. The Bertz CT molecular complexity index is 468. The maximum absolute atomic E-state index is 9.42. The Morgan fingerprint density at radius 3 is 2.37 bits per heavy atom. The summed E-state index contributed by atoms with van der Waals surface area (Å²) in [5.41, 5.74) is 10.1. The van der Waals surface area contributed by atoms with Gasteiger partial charge in [0.05, 0.1) is 5.57 Å². The number of nitrogens with two attached hydrogens (primary N) is 1. The lowest BCUT2D eigenvalue weighted by Gasteiger charge is -2.13. The maximum Gasteiger partial charge on any atom is 0.102 e. The van der Waals surface area contributed by atoms with E-state index in [2.05, 4.69) is 26.2 Å². The molecule has 0 amide bonds. The van der Waals surface area contributed by atoms with Crippen LogP contribution in [0.15, 0.2) is 59.4 Å². The van der Waals surface area contributed by atoms with Crippen LogP contribution in [0.4, 0.5) is 0 Å². The molecule has 0 aromatic carbocycles. The Balaban J connectivity index is 5.86. The monoisotopic (exact) mass is 256 g/mol. The topological polar surface area (TPSA) is 49.8 Å². The molecule has 0 aliphatic heterocycles.